The Morgan fingerprint density at radius 1 is 1.25 bits per heavy atom. The zero-order chi connectivity index (χ0) is 14.9. The molecule has 0 bridgehead atoms. The predicted octanol–water partition coefficient (Wildman–Crippen LogP) is 3.79. The van der Waals surface area contributed by atoms with Crippen LogP contribution < -0.4 is 4.74 Å². The number of benzene rings is 1. The molecular formula is C14H12F3NO2. The first-order valence-corrected chi connectivity index (χ1v) is 5.74. The number of phenolic OH excluding ortho intramolecular Hbond substituents is 1. The summed E-state index contributed by atoms with van der Waals surface area (Å²) < 4.78 is 44.0. The number of hydrogen-bond donors (Lipinski definition) is 1. The summed E-state index contributed by atoms with van der Waals surface area (Å²) in [4.78, 5) is 3.71. The molecule has 0 aliphatic heterocycles. The van der Waals surface area contributed by atoms with Crippen LogP contribution in [0.4, 0.5) is 13.2 Å². The maximum atomic E-state index is 13.1. The molecular weight excluding hydrogens is 271 g/mol. The number of pyridine rings is 1. The van der Waals surface area contributed by atoms with Gasteiger partial charge < -0.3 is 9.84 Å². The van der Waals surface area contributed by atoms with E-state index in [0.29, 0.717) is 11.1 Å². The van der Waals surface area contributed by atoms with Gasteiger partial charge in [0, 0.05) is 11.8 Å². The second kappa shape index (κ2) is 5.03. The van der Waals surface area contributed by atoms with Gasteiger partial charge in [-0.1, -0.05) is 12.1 Å². The van der Waals surface area contributed by atoms with E-state index in [1.807, 2.05) is 0 Å². The van der Waals surface area contributed by atoms with Crippen LogP contribution >= 0.6 is 0 Å². The zero-order valence-corrected chi connectivity index (χ0v) is 10.8. The van der Waals surface area contributed by atoms with Crippen LogP contribution in [0.3, 0.4) is 0 Å². The average Bonchev–Trinajstić information content (AvgIpc) is 2.36. The summed E-state index contributed by atoms with van der Waals surface area (Å²) in [6.07, 6.45) is -3.26. The summed E-state index contributed by atoms with van der Waals surface area (Å²) in [7, 11) is 1.14. The van der Waals surface area contributed by atoms with E-state index in [1.54, 1.807) is 12.1 Å². The molecule has 0 spiro atoms. The van der Waals surface area contributed by atoms with Crippen molar-refractivity contribution in [1.82, 2.24) is 4.98 Å². The second-order valence-electron chi connectivity index (χ2n) is 4.23. The lowest BCUT2D eigenvalue weighted by molar-refractivity contribution is -0.139. The average molecular weight is 283 g/mol. The highest BCUT2D eigenvalue weighted by Gasteiger charge is 2.38. The van der Waals surface area contributed by atoms with E-state index in [-0.39, 0.29) is 11.3 Å². The molecule has 0 aliphatic rings. The van der Waals surface area contributed by atoms with Gasteiger partial charge in [-0.2, -0.15) is 13.2 Å². The van der Waals surface area contributed by atoms with Crippen LogP contribution in [0.2, 0.25) is 0 Å². The molecule has 1 heterocycles. The van der Waals surface area contributed by atoms with Crippen molar-refractivity contribution < 1.29 is 23.0 Å². The molecule has 0 amide bonds. The second-order valence-corrected chi connectivity index (χ2v) is 4.23. The number of aromatic hydroxyl groups is 1. The van der Waals surface area contributed by atoms with Gasteiger partial charge in [-0.3, -0.25) is 0 Å². The van der Waals surface area contributed by atoms with Crippen LogP contribution in [0, 0.1) is 6.92 Å². The molecule has 0 atom stereocenters. The molecule has 1 aromatic carbocycles. The lowest BCUT2D eigenvalue weighted by atomic mass is 9.98. The van der Waals surface area contributed by atoms with Gasteiger partial charge in [0.05, 0.1) is 7.11 Å². The van der Waals surface area contributed by atoms with Gasteiger partial charge in [-0.15, -0.1) is 0 Å². The van der Waals surface area contributed by atoms with E-state index < -0.39 is 17.6 Å². The van der Waals surface area contributed by atoms with Crippen molar-refractivity contribution in [2.24, 2.45) is 0 Å². The van der Waals surface area contributed by atoms with Crippen LogP contribution in [0.25, 0.3) is 11.1 Å². The summed E-state index contributed by atoms with van der Waals surface area (Å²) in [5.74, 6) is -0.481. The first kappa shape index (κ1) is 14.2. The smallest absolute Gasteiger partial charge is 0.421 e. The molecule has 106 valence electrons. The molecule has 0 saturated heterocycles. The predicted molar refractivity (Wildman–Crippen MR) is 67.6 cm³/mol. The van der Waals surface area contributed by atoms with Crippen molar-refractivity contribution in [3.63, 3.8) is 0 Å². The summed E-state index contributed by atoms with van der Waals surface area (Å²) in [5.41, 5.74) is -0.132. The summed E-state index contributed by atoms with van der Waals surface area (Å²) in [5, 5.41) is 9.43. The van der Waals surface area contributed by atoms with Gasteiger partial charge in [-0.25, -0.2) is 4.98 Å². The molecule has 20 heavy (non-hydrogen) atoms. The third-order valence-corrected chi connectivity index (χ3v) is 2.94. The highest BCUT2D eigenvalue weighted by molar-refractivity contribution is 5.70. The molecule has 2 aromatic rings. The highest BCUT2D eigenvalue weighted by Crippen LogP contribution is 2.40. The number of alkyl halides is 3. The zero-order valence-electron chi connectivity index (χ0n) is 10.8. The van der Waals surface area contributed by atoms with Gasteiger partial charge in [0.25, 0.3) is 0 Å². The number of ether oxygens (including phenoxy) is 1. The van der Waals surface area contributed by atoms with Gasteiger partial charge in [0.2, 0.25) is 5.88 Å². The fourth-order valence-corrected chi connectivity index (χ4v) is 2.03. The Kier molecular flexibility index (Phi) is 3.57. The lowest BCUT2D eigenvalue weighted by Gasteiger charge is -2.16. The van der Waals surface area contributed by atoms with Gasteiger partial charge in [0.1, 0.15) is 11.3 Å². The molecule has 0 radical (unpaired) electrons. The summed E-state index contributed by atoms with van der Waals surface area (Å²) in [6.45, 7) is 1.35. The third kappa shape index (κ3) is 2.54. The van der Waals surface area contributed by atoms with Crippen molar-refractivity contribution in [3.8, 4) is 22.8 Å². The first-order chi connectivity index (χ1) is 9.34. The van der Waals surface area contributed by atoms with Crippen molar-refractivity contribution in [1.29, 1.82) is 0 Å². The minimum Gasteiger partial charge on any atom is -0.508 e. The van der Waals surface area contributed by atoms with E-state index in [9.17, 15) is 18.3 Å². The highest BCUT2D eigenvalue weighted by atomic mass is 19.4. The van der Waals surface area contributed by atoms with Crippen LogP contribution in [0.15, 0.2) is 30.5 Å². The number of hydrogen-bond acceptors (Lipinski definition) is 3. The van der Waals surface area contributed by atoms with Crippen molar-refractivity contribution in [2.45, 2.75) is 13.1 Å². The normalized spacial score (nSPS) is 11.4. The fraction of sp³-hybridized carbons (Fsp3) is 0.214. The van der Waals surface area contributed by atoms with Crippen molar-refractivity contribution >= 4 is 0 Å². The van der Waals surface area contributed by atoms with Gasteiger partial charge in [0.15, 0.2) is 0 Å². The Morgan fingerprint density at radius 3 is 2.50 bits per heavy atom. The maximum absolute atomic E-state index is 13.1. The summed E-state index contributed by atoms with van der Waals surface area (Å²) >= 11 is 0. The maximum Gasteiger partial charge on any atom is 0.421 e. The number of rotatable bonds is 2. The van der Waals surface area contributed by atoms with E-state index in [2.05, 4.69) is 9.72 Å². The largest absolute Gasteiger partial charge is 0.508 e. The molecule has 0 aliphatic carbocycles. The molecule has 2 rings (SSSR count). The number of aromatic nitrogens is 1. The van der Waals surface area contributed by atoms with Crippen molar-refractivity contribution in [2.75, 3.05) is 7.11 Å². The molecule has 0 unspecified atom stereocenters. The molecule has 3 nitrogen and oxygen atoms in total. The summed E-state index contributed by atoms with van der Waals surface area (Å²) in [6, 6.07) is 6.00. The van der Waals surface area contributed by atoms with Crippen LogP contribution in [0.5, 0.6) is 11.6 Å². The van der Waals surface area contributed by atoms with E-state index in [1.165, 1.54) is 25.3 Å². The standard InChI is InChI=1S/C14H12F3NO2/c1-8-11(9-4-3-5-10(19)6-9)7-18-13(20-2)12(8)14(15,16)17/h3-7,19H,1-2H3. The molecule has 6 heteroatoms. The third-order valence-electron chi connectivity index (χ3n) is 2.94. The number of phenols is 1. The minimum atomic E-state index is -4.56. The molecule has 0 fully saturated rings. The van der Waals surface area contributed by atoms with Crippen LogP contribution in [0.1, 0.15) is 11.1 Å². The Morgan fingerprint density at radius 2 is 1.95 bits per heavy atom. The Balaban J connectivity index is 2.68. The Labute approximate surface area is 113 Å². The topological polar surface area (TPSA) is 42.4 Å². The number of halogens is 3. The van der Waals surface area contributed by atoms with E-state index in [0.717, 1.165) is 7.11 Å². The number of nitrogens with zero attached hydrogens (tertiary/aromatic N) is 1. The lowest BCUT2D eigenvalue weighted by Crippen LogP contribution is -2.12. The van der Waals surface area contributed by atoms with Gasteiger partial charge in [-0.05, 0) is 30.2 Å². The fourth-order valence-electron chi connectivity index (χ4n) is 2.03. The SMILES string of the molecule is COc1ncc(-c2cccc(O)c2)c(C)c1C(F)(F)F. The Hall–Kier alpha value is -2.24. The minimum absolute atomic E-state index is 0.00921. The van der Waals surface area contributed by atoms with E-state index in [4.69, 9.17) is 0 Å². The van der Waals surface area contributed by atoms with E-state index >= 15 is 0 Å². The van der Waals surface area contributed by atoms with Crippen molar-refractivity contribution in [3.05, 3.63) is 41.6 Å². The number of methoxy groups -OCH3 is 1. The Bertz CT molecular complexity index is 639. The van der Waals surface area contributed by atoms with Crippen LogP contribution in [-0.4, -0.2) is 17.2 Å². The quantitative estimate of drug-likeness (QED) is 0.911. The molecule has 1 aromatic heterocycles. The van der Waals surface area contributed by atoms with Gasteiger partial charge >= 0.3 is 6.18 Å². The molecule has 0 saturated carbocycles. The first-order valence-electron chi connectivity index (χ1n) is 5.74. The van der Waals surface area contributed by atoms with Crippen LogP contribution in [-0.2, 0) is 6.18 Å². The monoisotopic (exact) mass is 283 g/mol. The molecule has 1 N–H and O–H groups in total.